The lowest BCUT2D eigenvalue weighted by atomic mass is 10.3. The van der Waals surface area contributed by atoms with Gasteiger partial charge in [0.1, 0.15) is 5.75 Å². The minimum Gasteiger partial charge on any atom is -0.406 e. The Morgan fingerprint density at radius 3 is 2.39 bits per heavy atom. The van der Waals surface area contributed by atoms with E-state index in [1.807, 2.05) is 0 Å². The van der Waals surface area contributed by atoms with Gasteiger partial charge in [0.25, 0.3) is 0 Å². The van der Waals surface area contributed by atoms with Crippen molar-refractivity contribution in [2.75, 3.05) is 31.5 Å². The molecule has 0 atom stereocenters. The maximum Gasteiger partial charge on any atom is 0.573 e. The number of hydrogen-bond acceptors (Lipinski definition) is 4. The highest BCUT2D eigenvalue weighted by Crippen LogP contribution is 2.25. The number of sulfonamides is 1. The molecule has 2 aromatic carbocycles. The Hall–Kier alpha value is -2.50. The average Bonchev–Trinajstić information content (AvgIpc) is 2.94. The molecule has 2 amide bonds. The number of hydrogen-bond donors (Lipinski definition) is 1. The highest BCUT2D eigenvalue weighted by Gasteiger charge is 2.32. The number of amides is 2. The van der Waals surface area contributed by atoms with E-state index in [0.717, 1.165) is 24.3 Å². The number of carbonyl (C=O) groups excluding carboxylic acids is 1. The van der Waals surface area contributed by atoms with Crippen molar-refractivity contribution in [3.05, 3.63) is 53.6 Å². The number of alkyl halides is 3. The van der Waals surface area contributed by atoms with Gasteiger partial charge in [0.2, 0.25) is 10.0 Å². The van der Waals surface area contributed by atoms with E-state index >= 15 is 0 Å². The maximum atomic E-state index is 12.9. The number of anilines is 1. The lowest BCUT2D eigenvalue weighted by molar-refractivity contribution is -0.274. The zero-order chi connectivity index (χ0) is 22.6. The maximum absolute atomic E-state index is 12.9. The van der Waals surface area contributed by atoms with E-state index in [9.17, 15) is 26.4 Å². The van der Waals surface area contributed by atoms with E-state index in [4.69, 9.17) is 11.6 Å². The Labute approximate surface area is 182 Å². The molecule has 31 heavy (non-hydrogen) atoms. The molecule has 0 bridgehead atoms. The molecule has 12 heteroatoms. The fraction of sp³-hybridized carbons (Fsp3) is 0.316. The summed E-state index contributed by atoms with van der Waals surface area (Å²) in [7, 11) is -3.94. The Balaban J connectivity index is 1.64. The average molecular weight is 478 g/mol. The van der Waals surface area contributed by atoms with Crippen LogP contribution in [0, 0.1) is 0 Å². The summed E-state index contributed by atoms with van der Waals surface area (Å²) in [5.41, 5.74) is 0.521. The van der Waals surface area contributed by atoms with Crippen LogP contribution in [0.15, 0.2) is 53.4 Å². The highest BCUT2D eigenvalue weighted by atomic mass is 35.5. The first-order valence-electron chi connectivity index (χ1n) is 9.22. The van der Waals surface area contributed by atoms with Gasteiger partial charge in [-0.25, -0.2) is 13.2 Å². The van der Waals surface area contributed by atoms with Crippen LogP contribution >= 0.6 is 11.6 Å². The summed E-state index contributed by atoms with van der Waals surface area (Å²) in [5.74, 6) is -0.508. The standard InChI is InChI=1S/C19H19ClF3N3O4S/c20-14-3-1-4-15(13-14)24-18(27)25-9-2-10-26(12-11-25)31(28,29)17-7-5-16(6-8-17)30-19(21,22)23/h1,3-8,13H,2,9-12H2,(H,24,27). The normalized spacial score (nSPS) is 15.9. The van der Waals surface area contributed by atoms with Crippen molar-refractivity contribution in [1.82, 2.24) is 9.21 Å². The van der Waals surface area contributed by atoms with Crippen LogP contribution in [-0.4, -0.2) is 56.2 Å². The molecule has 3 rings (SSSR count). The molecule has 168 valence electrons. The van der Waals surface area contributed by atoms with Crippen molar-refractivity contribution in [2.45, 2.75) is 17.7 Å². The summed E-state index contributed by atoms with van der Waals surface area (Å²) in [6.45, 7) is 0.716. The quantitative estimate of drug-likeness (QED) is 0.717. The third kappa shape index (κ3) is 6.25. The number of halogens is 4. The van der Waals surface area contributed by atoms with Gasteiger partial charge in [0.05, 0.1) is 4.90 Å². The minimum atomic E-state index is -4.86. The summed E-state index contributed by atoms with van der Waals surface area (Å²) in [6.07, 6.45) is -4.46. The van der Waals surface area contributed by atoms with Crippen molar-refractivity contribution in [2.24, 2.45) is 0 Å². The van der Waals surface area contributed by atoms with Crippen molar-refractivity contribution in [1.29, 1.82) is 0 Å². The molecular formula is C19H19ClF3N3O4S. The zero-order valence-corrected chi connectivity index (χ0v) is 17.7. The smallest absolute Gasteiger partial charge is 0.406 e. The summed E-state index contributed by atoms with van der Waals surface area (Å²) in [4.78, 5) is 13.9. The molecule has 0 aliphatic carbocycles. The van der Waals surface area contributed by atoms with E-state index in [1.165, 1.54) is 9.21 Å². The molecule has 2 aromatic rings. The zero-order valence-electron chi connectivity index (χ0n) is 16.1. The van der Waals surface area contributed by atoms with E-state index in [2.05, 4.69) is 10.1 Å². The van der Waals surface area contributed by atoms with Gasteiger partial charge in [-0.3, -0.25) is 0 Å². The molecule has 1 aliphatic rings. The number of urea groups is 1. The molecule has 1 heterocycles. The molecule has 0 unspecified atom stereocenters. The van der Waals surface area contributed by atoms with Crippen LogP contribution in [0.25, 0.3) is 0 Å². The first-order valence-corrected chi connectivity index (χ1v) is 11.0. The Kier molecular flexibility index (Phi) is 6.97. The van der Waals surface area contributed by atoms with Gasteiger partial charge < -0.3 is 15.0 Å². The summed E-state index contributed by atoms with van der Waals surface area (Å²) in [6, 6.07) is 10.3. The van der Waals surface area contributed by atoms with Gasteiger partial charge in [0.15, 0.2) is 0 Å². The molecule has 1 fully saturated rings. The SMILES string of the molecule is O=C(Nc1cccc(Cl)c1)N1CCCN(S(=O)(=O)c2ccc(OC(F)(F)F)cc2)CC1. The minimum absolute atomic E-state index is 0.0477. The predicted molar refractivity (Wildman–Crippen MR) is 109 cm³/mol. The van der Waals surface area contributed by atoms with Crippen molar-refractivity contribution < 1.29 is 31.1 Å². The molecule has 1 saturated heterocycles. The van der Waals surface area contributed by atoms with Gasteiger partial charge in [-0.05, 0) is 48.9 Å². The van der Waals surface area contributed by atoms with Gasteiger partial charge in [-0.2, -0.15) is 4.31 Å². The summed E-state index contributed by atoms with van der Waals surface area (Å²) in [5, 5.41) is 3.19. The third-order valence-corrected chi connectivity index (χ3v) is 6.66. The predicted octanol–water partition coefficient (Wildman–Crippen LogP) is 4.17. The van der Waals surface area contributed by atoms with Crippen molar-refractivity contribution in [3.63, 3.8) is 0 Å². The van der Waals surface area contributed by atoms with Crippen molar-refractivity contribution >= 4 is 33.3 Å². The van der Waals surface area contributed by atoms with E-state index in [1.54, 1.807) is 24.3 Å². The monoisotopic (exact) mass is 477 g/mol. The van der Waals surface area contributed by atoms with Crippen LogP contribution < -0.4 is 10.1 Å². The molecule has 0 radical (unpaired) electrons. The first-order chi connectivity index (χ1) is 14.5. The largest absolute Gasteiger partial charge is 0.573 e. The van der Waals surface area contributed by atoms with Gasteiger partial charge >= 0.3 is 12.4 Å². The molecule has 1 aliphatic heterocycles. The summed E-state index contributed by atoms with van der Waals surface area (Å²) < 4.78 is 67.5. The molecular weight excluding hydrogens is 459 g/mol. The van der Waals surface area contributed by atoms with E-state index in [0.29, 0.717) is 23.7 Å². The Morgan fingerprint density at radius 1 is 1.03 bits per heavy atom. The van der Waals surface area contributed by atoms with Crippen LogP contribution in [0.1, 0.15) is 6.42 Å². The second kappa shape index (κ2) is 9.33. The molecule has 0 spiro atoms. The van der Waals surface area contributed by atoms with Crippen molar-refractivity contribution in [3.8, 4) is 5.75 Å². The fourth-order valence-corrected chi connectivity index (χ4v) is 4.73. The number of rotatable bonds is 4. The molecule has 0 saturated carbocycles. The van der Waals surface area contributed by atoms with Crippen LogP contribution in [0.2, 0.25) is 5.02 Å². The van der Waals surface area contributed by atoms with Gasteiger partial charge in [-0.15, -0.1) is 13.2 Å². The topological polar surface area (TPSA) is 79.0 Å². The van der Waals surface area contributed by atoms with Crippen LogP contribution in [0.5, 0.6) is 5.75 Å². The lowest BCUT2D eigenvalue weighted by Crippen LogP contribution is -2.39. The fourth-order valence-electron chi connectivity index (χ4n) is 3.07. The summed E-state index contributed by atoms with van der Waals surface area (Å²) >= 11 is 5.91. The number of carbonyl (C=O) groups is 1. The highest BCUT2D eigenvalue weighted by molar-refractivity contribution is 7.89. The molecule has 0 aromatic heterocycles. The Morgan fingerprint density at radius 2 is 1.74 bits per heavy atom. The second-order valence-corrected chi connectivity index (χ2v) is 9.08. The number of ether oxygens (including phenoxy) is 1. The van der Waals surface area contributed by atoms with Crippen LogP contribution in [-0.2, 0) is 10.0 Å². The van der Waals surface area contributed by atoms with Gasteiger partial charge in [0, 0.05) is 36.9 Å². The molecule has 1 N–H and O–H groups in total. The Bertz CT molecular complexity index is 1030. The number of nitrogens with zero attached hydrogens (tertiary/aromatic N) is 2. The first kappa shape index (κ1) is 23.2. The van der Waals surface area contributed by atoms with E-state index < -0.39 is 22.1 Å². The van der Waals surface area contributed by atoms with Crippen LogP contribution in [0.4, 0.5) is 23.7 Å². The number of nitrogens with one attached hydrogen (secondary N) is 1. The number of benzene rings is 2. The van der Waals surface area contributed by atoms with Gasteiger partial charge in [-0.1, -0.05) is 17.7 Å². The second-order valence-electron chi connectivity index (χ2n) is 6.70. The third-order valence-electron chi connectivity index (χ3n) is 4.51. The van der Waals surface area contributed by atoms with Crippen LogP contribution in [0.3, 0.4) is 0 Å². The lowest BCUT2D eigenvalue weighted by Gasteiger charge is -2.22. The van der Waals surface area contributed by atoms with E-state index in [-0.39, 0.29) is 30.6 Å². The molecule has 7 nitrogen and oxygen atoms in total.